The molecule has 0 aliphatic heterocycles. The van der Waals surface area contributed by atoms with Crippen molar-refractivity contribution in [2.24, 2.45) is 0 Å². The Labute approximate surface area is 141 Å². The number of nitrogens with zero attached hydrogens (tertiary/aromatic N) is 2. The number of carboxylic acids is 1. The number of benzene rings is 1. The number of hydrogen-bond donors (Lipinski definition) is 2. The van der Waals surface area contributed by atoms with E-state index < -0.39 is 22.9 Å². The van der Waals surface area contributed by atoms with E-state index in [-0.39, 0.29) is 22.8 Å². The third-order valence-corrected chi connectivity index (χ3v) is 3.58. The van der Waals surface area contributed by atoms with Gasteiger partial charge in [0.2, 0.25) is 0 Å². The van der Waals surface area contributed by atoms with Gasteiger partial charge in [0, 0.05) is 6.54 Å². The van der Waals surface area contributed by atoms with Crippen LogP contribution in [0.2, 0.25) is 5.02 Å². The maximum atomic E-state index is 12.7. The molecule has 2 aromatic rings. The Morgan fingerprint density at radius 1 is 1.38 bits per heavy atom. The summed E-state index contributed by atoms with van der Waals surface area (Å²) >= 11 is 6.03. The fourth-order valence-electron chi connectivity index (χ4n) is 2.25. The first kappa shape index (κ1) is 17.8. The summed E-state index contributed by atoms with van der Waals surface area (Å²) in [5, 5.41) is 9.45. The number of nitrogens with one attached hydrogen (secondary N) is 1. The highest BCUT2D eigenvalue weighted by Gasteiger charge is 2.20. The van der Waals surface area contributed by atoms with Gasteiger partial charge in [-0.3, -0.25) is 4.79 Å². The summed E-state index contributed by atoms with van der Waals surface area (Å²) < 4.78 is 5.88. The van der Waals surface area contributed by atoms with Gasteiger partial charge in [0.1, 0.15) is 11.4 Å². The van der Waals surface area contributed by atoms with Crippen molar-refractivity contribution in [1.29, 1.82) is 0 Å². The molecule has 1 aromatic heterocycles. The highest BCUT2D eigenvalue weighted by Crippen LogP contribution is 2.25. The lowest BCUT2D eigenvalue weighted by Crippen LogP contribution is -2.39. The topological polar surface area (TPSA) is 105 Å². The van der Waals surface area contributed by atoms with E-state index in [4.69, 9.17) is 16.3 Å². The van der Waals surface area contributed by atoms with E-state index in [1.54, 1.807) is 19.0 Å². The largest absolute Gasteiger partial charge is 0.495 e. The van der Waals surface area contributed by atoms with Gasteiger partial charge in [-0.05, 0) is 32.3 Å². The molecule has 0 bridgehead atoms. The van der Waals surface area contributed by atoms with Crippen LogP contribution in [-0.2, 0) is 6.54 Å². The molecule has 24 heavy (non-hydrogen) atoms. The summed E-state index contributed by atoms with van der Waals surface area (Å²) in [6.45, 7) is 0.0567. The molecule has 0 fully saturated rings. The lowest BCUT2D eigenvalue weighted by atomic mass is 10.2. The van der Waals surface area contributed by atoms with Crippen molar-refractivity contribution >= 4 is 17.6 Å². The maximum Gasteiger partial charge on any atom is 0.352 e. The molecule has 0 radical (unpaired) electrons. The summed E-state index contributed by atoms with van der Waals surface area (Å²) in [4.78, 5) is 40.1. The molecule has 0 saturated carbocycles. The van der Waals surface area contributed by atoms with Crippen molar-refractivity contribution < 1.29 is 14.6 Å². The summed E-state index contributed by atoms with van der Waals surface area (Å²) in [7, 11) is 4.81. The van der Waals surface area contributed by atoms with Crippen LogP contribution in [0.4, 0.5) is 0 Å². The average molecular weight is 354 g/mol. The second-order valence-electron chi connectivity index (χ2n) is 5.29. The Kier molecular flexibility index (Phi) is 5.10. The van der Waals surface area contributed by atoms with E-state index in [0.29, 0.717) is 5.75 Å². The van der Waals surface area contributed by atoms with Gasteiger partial charge in [0.25, 0.3) is 5.56 Å². The second-order valence-corrected chi connectivity index (χ2v) is 5.69. The number of ether oxygens (including phenoxy) is 1. The predicted molar refractivity (Wildman–Crippen MR) is 88.6 cm³/mol. The van der Waals surface area contributed by atoms with Crippen LogP contribution < -0.4 is 16.0 Å². The number of hydrogen-bond acceptors (Lipinski definition) is 5. The summed E-state index contributed by atoms with van der Waals surface area (Å²) in [5.74, 6) is -0.985. The minimum atomic E-state index is -1.37. The summed E-state index contributed by atoms with van der Waals surface area (Å²) in [6, 6.07) is 4.40. The Morgan fingerprint density at radius 2 is 2.04 bits per heavy atom. The molecule has 0 spiro atoms. The Morgan fingerprint density at radius 3 is 2.54 bits per heavy atom. The van der Waals surface area contributed by atoms with Crippen molar-refractivity contribution in [3.63, 3.8) is 0 Å². The molecule has 128 valence electrons. The van der Waals surface area contributed by atoms with Crippen LogP contribution in [0.3, 0.4) is 0 Å². The number of carbonyl (C=O) groups is 1. The van der Waals surface area contributed by atoms with E-state index >= 15 is 0 Å². The SMILES string of the molecule is COc1ccc(-n2c(=O)[nH]c(C(=O)O)c(CN(C)C)c2=O)cc1Cl. The molecule has 0 amide bonds. The van der Waals surface area contributed by atoms with Gasteiger partial charge in [-0.1, -0.05) is 11.6 Å². The molecule has 0 aliphatic rings. The number of aromatic amines is 1. The van der Waals surface area contributed by atoms with E-state index in [1.807, 2.05) is 0 Å². The number of aromatic carboxylic acids is 1. The quantitative estimate of drug-likeness (QED) is 0.829. The van der Waals surface area contributed by atoms with Crippen LogP contribution in [0.1, 0.15) is 16.1 Å². The van der Waals surface area contributed by atoms with Crippen LogP contribution in [0, 0.1) is 0 Å². The maximum absolute atomic E-state index is 12.7. The number of carboxylic acid groups (broad SMARTS) is 1. The zero-order chi connectivity index (χ0) is 18.0. The molecule has 0 saturated heterocycles. The zero-order valence-corrected chi connectivity index (χ0v) is 14.0. The smallest absolute Gasteiger partial charge is 0.352 e. The van der Waals surface area contributed by atoms with Crippen molar-refractivity contribution in [3.8, 4) is 11.4 Å². The van der Waals surface area contributed by atoms with Gasteiger partial charge in [-0.2, -0.15) is 0 Å². The van der Waals surface area contributed by atoms with Gasteiger partial charge in [0.05, 0.1) is 23.4 Å². The molecule has 2 N–H and O–H groups in total. The van der Waals surface area contributed by atoms with Crippen LogP contribution in [0.25, 0.3) is 5.69 Å². The molecule has 0 unspecified atom stereocenters. The molecule has 0 aliphatic carbocycles. The lowest BCUT2D eigenvalue weighted by molar-refractivity contribution is 0.0687. The van der Waals surface area contributed by atoms with Crippen molar-refractivity contribution in [3.05, 3.63) is 55.3 Å². The lowest BCUT2D eigenvalue weighted by Gasteiger charge is -2.14. The number of methoxy groups -OCH3 is 1. The fraction of sp³-hybridized carbons (Fsp3) is 0.267. The number of rotatable bonds is 5. The van der Waals surface area contributed by atoms with E-state index in [2.05, 4.69) is 4.98 Å². The minimum absolute atomic E-state index is 0.0287. The normalized spacial score (nSPS) is 10.9. The predicted octanol–water partition coefficient (Wildman–Crippen LogP) is 0.948. The third kappa shape index (κ3) is 3.34. The molecular weight excluding hydrogens is 338 g/mol. The van der Waals surface area contributed by atoms with E-state index in [0.717, 1.165) is 4.57 Å². The van der Waals surface area contributed by atoms with Crippen molar-refractivity contribution in [2.45, 2.75) is 6.54 Å². The highest BCUT2D eigenvalue weighted by molar-refractivity contribution is 6.32. The average Bonchev–Trinajstić information content (AvgIpc) is 2.49. The van der Waals surface area contributed by atoms with Crippen LogP contribution in [-0.4, -0.2) is 46.7 Å². The molecule has 8 nitrogen and oxygen atoms in total. The summed E-state index contributed by atoms with van der Waals surface area (Å²) in [6.07, 6.45) is 0. The summed E-state index contributed by atoms with van der Waals surface area (Å²) in [5.41, 5.74) is -1.81. The van der Waals surface area contributed by atoms with Crippen LogP contribution in [0.5, 0.6) is 5.75 Å². The minimum Gasteiger partial charge on any atom is -0.495 e. The first-order valence-corrected chi connectivity index (χ1v) is 7.24. The first-order valence-electron chi connectivity index (χ1n) is 6.86. The van der Waals surface area contributed by atoms with Crippen molar-refractivity contribution in [1.82, 2.24) is 14.5 Å². The molecular formula is C15H16ClN3O5. The number of H-pyrrole nitrogens is 1. The number of aromatic nitrogens is 2. The van der Waals surface area contributed by atoms with Gasteiger partial charge >= 0.3 is 11.7 Å². The Balaban J connectivity index is 2.76. The second kappa shape index (κ2) is 6.90. The molecule has 2 rings (SSSR count). The number of halogens is 1. The molecule has 1 heterocycles. The zero-order valence-electron chi connectivity index (χ0n) is 13.3. The van der Waals surface area contributed by atoms with Gasteiger partial charge in [-0.15, -0.1) is 0 Å². The van der Waals surface area contributed by atoms with Crippen molar-refractivity contribution in [2.75, 3.05) is 21.2 Å². The Bertz CT molecular complexity index is 901. The molecule has 1 aromatic carbocycles. The van der Waals surface area contributed by atoms with E-state index in [1.165, 1.54) is 25.3 Å². The molecule has 0 atom stereocenters. The van der Waals surface area contributed by atoms with Gasteiger partial charge < -0.3 is 19.7 Å². The third-order valence-electron chi connectivity index (χ3n) is 3.28. The monoisotopic (exact) mass is 353 g/mol. The fourth-order valence-corrected chi connectivity index (χ4v) is 2.50. The van der Waals surface area contributed by atoms with Crippen LogP contribution >= 0.6 is 11.6 Å². The first-order chi connectivity index (χ1) is 11.3. The van der Waals surface area contributed by atoms with Gasteiger partial charge in [-0.25, -0.2) is 14.2 Å². The Hall–Kier alpha value is -2.58. The van der Waals surface area contributed by atoms with Gasteiger partial charge in [0.15, 0.2) is 0 Å². The standard InChI is InChI=1S/C15H16ClN3O5/c1-18(2)7-9-12(14(21)22)17-15(23)19(13(9)20)8-4-5-11(24-3)10(16)6-8/h4-6H,7H2,1-3H3,(H,17,23)(H,21,22). The highest BCUT2D eigenvalue weighted by atomic mass is 35.5. The molecule has 9 heteroatoms. The van der Waals surface area contributed by atoms with Crippen LogP contribution in [0.15, 0.2) is 27.8 Å². The van der Waals surface area contributed by atoms with E-state index in [9.17, 15) is 19.5 Å².